The van der Waals surface area contributed by atoms with Crippen LogP contribution in [0.1, 0.15) is 0 Å². The first-order valence-corrected chi connectivity index (χ1v) is 23.4. The number of aromatic nitrogens is 6. The van der Waals surface area contributed by atoms with E-state index in [1.54, 1.807) is 0 Å². The molecule has 0 aliphatic heterocycles. The van der Waals surface area contributed by atoms with Gasteiger partial charge < -0.3 is 9.13 Å². The van der Waals surface area contributed by atoms with Gasteiger partial charge in [-0.1, -0.05) is 200 Å². The van der Waals surface area contributed by atoms with Crippen LogP contribution in [0.25, 0.3) is 128 Å². The van der Waals surface area contributed by atoms with Crippen LogP contribution in [0.4, 0.5) is 0 Å². The third kappa shape index (κ3) is 6.16. The second-order valence-corrected chi connectivity index (χ2v) is 17.6. The predicted octanol–water partition coefficient (Wildman–Crippen LogP) is 15.8. The summed E-state index contributed by atoms with van der Waals surface area (Å²) in [7, 11) is 0. The molecule has 0 saturated carbocycles. The smallest absolute Gasteiger partial charge is 0.238 e. The molecule has 322 valence electrons. The van der Waals surface area contributed by atoms with Gasteiger partial charge in [0.15, 0.2) is 11.6 Å². The van der Waals surface area contributed by atoms with Gasteiger partial charge in [-0.15, -0.1) is 0 Å². The first-order chi connectivity index (χ1) is 34.2. The second-order valence-electron chi connectivity index (χ2n) is 17.6. The highest BCUT2D eigenvalue weighted by atomic mass is 15.2. The molecule has 10 aromatic carbocycles. The van der Waals surface area contributed by atoms with Gasteiger partial charge in [-0.2, -0.15) is 9.97 Å². The monoisotopic (exact) mass is 880 g/mol. The van der Waals surface area contributed by atoms with Crippen molar-refractivity contribution in [1.29, 1.82) is 0 Å². The summed E-state index contributed by atoms with van der Waals surface area (Å²) in [6.07, 6.45) is 0. The van der Waals surface area contributed by atoms with Gasteiger partial charge in [-0.3, -0.25) is 4.57 Å². The fourth-order valence-corrected chi connectivity index (χ4v) is 10.6. The summed E-state index contributed by atoms with van der Waals surface area (Å²) in [5.41, 5.74) is 15.1. The van der Waals surface area contributed by atoms with Crippen LogP contribution in [-0.4, -0.2) is 28.7 Å². The highest BCUT2D eigenvalue weighted by Crippen LogP contribution is 2.46. The molecule has 0 aliphatic rings. The van der Waals surface area contributed by atoms with Crippen LogP contribution >= 0.6 is 0 Å². The molecular formula is C63H40N6. The molecule has 0 bridgehead atoms. The molecule has 6 nitrogen and oxygen atoms in total. The number of para-hydroxylation sites is 5. The Labute approximate surface area is 397 Å². The Bertz CT molecular complexity index is 4110. The highest BCUT2D eigenvalue weighted by Gasteiger charge is 2.27. The average Bonchev–Trinajstić information content (AvgIpc) is 4.07. The molecule has 69 heavy (non-hydrogen) atoms. The zero-order valence-electron chi connectivity index (χ0n) is 37.3. The van der Waals surface area contributed by atoms with Crippen LogP contribution in [0.15, 0.2) is 243 Å². The van der Waals surface area contributed by atoms with Crippen molar-refractivity contribution in [2.75, 3.05) is 0 Å². The van der Waals surface area contributed by atoms with Crippen LogP contribution in [0.2, 0.25) is 0 Å². The second kappa shape index (κ2) is 15.6. The minimum atomic E-state index is 0.544. The van der Waals surface area contributed by atoms with E-state index in [0.717, 1.165) is 99.4 Å². The van der Waals surface area contributed by atoms with Crippen LogP contribution in [0.5, 0.6) is 0 Å². The number of nitrogens with zero attached hydrogens (tertiary/aromatic N) is 6. The Hall–Kier alpha value is -9.39. The van der Waals surface area contributed by atoms with Gasteiger partial charge in [0.05, 0.1) is 38.8 Å². The molecule has 0 aliphatic carbocycles. The summed E-state index contributed by atoms with van der Waals surface area (Å²) in [5, 5.41) is 6.89. The lowest BCUT2D eigenvalue weighted by Crippen LogP contribution is -2.07. The molecule has 0 N–H and O–H groups in total. The van der Waals surface area contributed by atoms with Gasteiger partial charge in [0, 0.05) is 49.1 Å². The van der Waals surface area contributed by atoms with Gasteiger partial charge >= 0.3 is 0 Å². The van der Waals surface area contributed by atoms with Crippen molar-refractivity contribution in [3.8, 4) is 62.4 Å². The lowest BCUT2D eigenvalue weighted by Gasteiger charge is -2.16. The van der Waals surface area contributed by atoms with Crippen molar-refractivity contribution in [3.63, 3.8) is 0 Å². The molecule has 6 heteroatoms. The third-order valence-corrected chi connectivity index (χ3v) is 13.7. The minimum absolute atomic E-state index is 0.544. The van der Waals surface area contributed by atoms with Gasteiger partial charge in [0.2, 0.25) is 5.95 Å². The van der Waals surface area contributed by atoms with E-state index in [1.807, 2.05) is 12.1 Å². The van der Waals surface area contributed by atoms with Crippen molar-refractivity contribution in [2.24, 2.45) is 0 Å². The summed E-state index contributed by atoms with van der Waals surface area (Å²) >= 11 is 0. The lowest BCUT2D eigenvalue weighted by atomic mass is 10.0. The number of hydrogen-bond donors (Lipinski definition) is 0. The molecule has 4 heterocycles. The highest BCUT2D eigenvalue weighted by molar-refractivity contribution is 6.28. The molecule has 0 amide bonds. The third-order valence-electron chi connectivity index (χ3n) is 13.7. The van der Waals surface area contributed by atoms with Crippen LogP contribution in [-0.2, 0) is 0 Å². The maximum Gasteiger partial charge on any atom is 0.238 e. The Kier molecular flexibility index (Phi) is 8.79. The van der Waals surface area contributed by atoms with E-state index < -0.39 is 0 Å². The zero-order valence-corrected chi connectivity index (χ0v) is 37.3. The van der Waals surface area contributed by atoms with Crippen LogP contribution in [0.3, 0.4) is 0 Å². The summed E-state index contributed by atoms with van der Waals surface area (Å²) < 4.78 is 7.20. The number of rotatable bonds is 7. The van der Waals surface area contributed by atoms with Gasteiger partial charge in [-0.05, 0) is 64.7 Å². The molecule has 0 unspecified atom stereocenters. The normalized spacial score (nSPS) is 11.8. The molecule has 0 spiro atoms. The first-order valence-electron chi connectivity index (χ1n) is 23.4. The lowest BCUT2D eigenvalue weighted by molar-refractivity contribution is 0.955. The summed E-state index contributed by atoms with van der Waals surface area (Å²) in [6.45, 7) is 0. The molecule has 0 saturated heterocycles. The molecule has 0 fully saturated rings. The van der Waals surface area contributed by atoms with Crippen molar-refractivity contribution in [2.45, 2.75) is 0 Å². The van der Waals surface area contributed by atoms with Crippen molar-refractivity contribution in [1.82, 2.24) is 28.7 Å². The summed E-state index contributed by atoms with van der Waals surface area (Å²) in [6, 6.07) is 86.2. The maximum absolute atomic E-state index is 5.47. The van der Waals surface area contributed by atoms with E-state index in [9.17, 15) is 0 Å². The number of hydrogen-bond acceptors (Lipinski definition) is 3. The van der Waals surface area contributed by atoms with Crippen LogP contribution < -0.4 is 0 Å². The Morgan fingerprint density at radius 1 is 0.261 bits per heavy atom. The number of benzene rings is 10. The Morgan fingerprint density at radius 2 is 0.638 bits per heavy atom. The maximum atomic E-state index is 5.47. The van der Waals surface area contributed by atoms with E-state index in [1.165, 1.54) is 10.8 Å². The van der Waals surface area contributed by atoms with Gasteiger partial charge in [-0.25, -0.2) is 4.98 Å². The van der Waals surface area contributed by atoms with E-state index in [0.29, 0.717) is 17.6 Å². The van der Waals surface area contributed by atoms with Crippen LogP contribution in [0, 0.1) is 0 Å². The van der Waals surface area contributed by atoms with Crippen molar-refractivity contribution >= 4 is 65.4 Å². The van der Waals surface area contributed by atoms with E-state index in [2.05, 4.69) is 244 Å². The molecular weight excluding hydrogens is 841 g/mol. The van der Waals surface area contributed by atoms with Crippen molar-refractivity contribution < 1.29 is 0 Å². The first kappa shape index (κ1) is 38.8. The molecule has 0 radical (unpaired) electrons. The fourth-order valence-electron chi connectivity index (χ4n) is 10.6. The predicted molar refractivity (Wildman–Crippen MR) is 285 cm³/mol. The number of fused-ring (bicyclic) bond motifs is 10. The molecule has 4 aromatic heterocycles. The largest absolute Gasteiger partial charge is 0.307 e. The zero-order chi connectivity index (χ0) is 45.4. The van der Waals surface area contributed by atoms with Crippen molar-refractivity contribution in [3.05, 3.63) is 243 Å². The Morgan fingerprint density at radius 3 is 1.14 bits per heavy atom. The van der Waals surface area contributed by atoms with Gasteiger partial charge in [0.1, 0.15) is 0 Å². The minimum Gasteiger partial charge on any atom is -0.307 e. The fraction of sp³-hybridized carbons (Fsp3) is 0. The van der Waals surface area contributed by atoms with Gasteiger partial charge in [0.25, 0.3) is 0 Å². The average molecular weight is 881 g/mol. The standard InChI is InChI=1S/C63H40N6/c1-4-18-41(19-5-1)43-32-36-45(37-33-43)61-64-62(46-38-34-44(35-39-46)42-20-6-2-7-21-42)66-63(65-61)69-55-30-16-12-26-50(55)52-40-57(68-53-28-14-10-24-48(53)49-25-11-15-29-54(49)68)60-58(59(52)69)51-27-13-17-31-56(51)67(60)47-22-8-3-9-23-47/h1-40H. The van der Waals surface area contributed by atoms with E-state index >= 15 is 0 Å². The summed E-state index contributed by atoms with van der Waals surface area (Å²) in [4.78, 5) is 16.2. The Balaban J connectivity index is 1.11. The summed E-state index contributed by atoms with van der Waals surface area (Å²) in [5.74, 6) is 1.73. The van der Waals surface area contributed by atoms with E-state index in [4.69, 9.17) is 15.0 Å². The quantitative estimate of drug-likeness (QED) is 0.160. The topological polar surface area (TPSA) is 53.5 Å². The van der Waals surface area contributed by atoms with E-state index in [-0.39, 0.29) is 0 Å². The molecule has 0 atom stereocenters. The molecule has 14 rings (SSSR count). The molecule has 14 aromatic rings. The SMILES string of the molecule is c1ccc(-c2ccc(-c3nc(-c4ccc(-c5ccccc5)cc4)nc(-n4c5ccccc5c5cc(-n6c7ccccc7c7ccccc76)c6c(c7ccccc7n6-c6ccccc6)c54)n3)cc2)cc1.